The zero-order valence-electron chi connectivity index (χ0n) is 13.5. The average Bonchev–Trinajstić information content (AvgIpc) is 2.94. The van der Waals surface area contributed by atoms with E-state index in [2.05, 4.69) is 6.07 Å². The minimum atomic E-state index is -0.691. The number of nitrogens with two attached hydrogens (primary N) is 1. The zero-order valence-corrected chi connectivity index (χ0v) is 14.3. The second-order valence-electron chi connectivity index (χ2n) is 6.65. The third-order valence-corrected chi connectivity index (χ3v) is 4.77. The van der Waals surface area contributed by atoms with Crippen LogP contribution in [0.1, 0.15) is 45.2 Å². The highest BCUT2D eigenvalue weighted by molar-refractivity contribution is 6.30. The maximum absolute atomic E-state index is 13.4. The van der Waals surface area contributed by atoms with Gasteiger partial charge in [-0.2, -0.15) is 5.26 Å². The molecular weight excluding hydrogens is 317 g/mol. The van der Waals surface area contributed by atoms with Gasteiger partial charge in [0.05, 0.1) is 34.6 Å². The molecular formula is C17H21ClFN3O. The van der Waals surface area contributed by atoms with Gasteiger partial charge in [-0.1, -0.05) is 17.7 Å². The van der Waals surface area contributed by atoms with Gasteiger partial charge in [0.2, 0.25) is 5.91 Å². The number of hydrogen-bond donors (Lipinski definition) is 1. The van der Waals surface area contributed by atoms with Gasteiger partial charge in [-0.25, -0.2) is 4.39 Å². The Morgan fingerprint density at radius 2 is 2.17 bits per heavy atom. The Labute approximate surface area is 141 Å². The van der Waals surface area contributed by atoms with Crippen molar-refractivity contribution in [2.24, 2.45) is 11.1 Å². The number of carbonyl (C=O) groups excluding carboxylic acids is 1. The molecule has 1 saturated heterocycles. The van der Waals surface area contributed by atoms with E-state index >= 15 is 0 Å². The summed E-state index contributed by atoms with van der Waals surface area (Å²) in [6.45, 7) is 5.27. The summed E-state index contributed by atoms with van der Waals surface area (Å²) in [6, 6.07) is 5.61. The lowest BCUT2D eigenvalue weighted by Gasteiger charge is -2.37. The molecule has 0 radical (unpaired) electrons. The molecule has 0 bridgehead atoms. The van der Waals surface area contributed by atoms with Crippen molar-refractivity contribution in [3.8, 4) is 6.07 Å². The van der Waals surface area contributed by atoms with Crippen LogP contribution >= 0.6 is 11.6 Å². The van der Waals surface area contributed by atoms with Crippen molar-refractivity contribution in [1.82, 2.24) is 4.90 Å². The molecule has 1 fully saturated rings. The van der Waals surface area contributed by atoms with E-state index in [1.807, 2.05) is 13.8 Å². The summed E-state index contributed by atoms with van der Waals surface area (Å²) in [5.41, 5.74) is 5.87. The first kappa shape index (κ1) is 17.7. The summed E-state index contributed by atoms with van der Waals surface area (Å²) < 4.78 is 13.4. The predicted molar refractivity (Wildman–Crippen MR) is 87.1 cm³/mol. The molecule has 1 aromatic rings. The van der Waals surface area contributed by atoms with Crippen LogP contribution in [0.3, 0.4) is 0 Å². The first-order valence-corrected chi connectivity index (χ1v) is 8.00. The van der Waals surface area contributed by atoms with Gasteiger partial charge in [0.15, 0.2) is 0 Å². The fourth-order valence-electron chi connectivity index (χ4n) is 3.18. The van der Waals surface area contributed by atoms with Crippen LogP contribution in [0, 0.1) is 22.6 Å². The number of likely N-dealkylation sites (tertiary alicyclic amines) is 1. The molecule has 6 heteroatoms. The summed E-state index contributed by atoms with van der Waals surface area (Å²) in [6.07, 6.45) is 1.38. The lowest BCUT2D eigenvalue weighted by atomic mass is 9.84. The van der Waals surface area contributed by atoms with Gasteiger partial charge < -0.3 is 10.6 Å². The Morgan fingerprint density at radius 1 is 1.52 bits per heavy atom. The average molecular weight is 338 g/mol. The Morgan fingerprint density at radius 3 is 2.70 bits per heavy atom. The van der Waals surface area contributed by atoms with E-state index in [4.69, 9.17) is 17.3 Å². The maximum atomic E-state index is 13.4. The fraction of sp³-hybridized carbons (Fsp3) is 0.529. The maximum Gasteiger partial charge on any atom is 0.240 e. The number of nitriles is 1. The predicted octanol–water partition coefficient (Wildman–Crippen LogP) is 3.41. The summed E-state index contributed by atoms with van der Waals surface area (Å²) in [4.78, 5) is 14.3. The second-order valence-corrected chi connectivity index (χ2v) is 7.06. The minimum absolute atomic E-state index is 0.0266. The van der Waals surface area contributed by atoms with Crippen LogP contribution in [0.25, 0.3) is 0 Å². The van der Waals surface area contributed by atoms with Crippen LogP contribution in [0.5, 0.6) is 0 Å². The second kappa shape index (κ2) is 6.46. The van der Waals surface area contributed by atoms with Gasteiger partial charge in [0, 0.05) is 0 Å². The molecule has 0 saturated carbocycles. The van der Waals surface area contributed by atoms with Crippen LogP contribution in [0.4, 0.5) is 4.39 Å². The van der Waals surface area contributed by atoms with Crippen LogP contribution in [-0.4, -0.2) is 22.9 Å². The lowest BCUT2D eigenvalue weighted by Crippen LogP contribution is -2.50. The molecule has 2 N–H and O–H groups in total. The molecule has 0 aliphatic carbocycles. The number of rotatable bonds is 3. The molecule has 0 spiro atoms. The molecule has 1 heterocycles. The quantitative estimate of drug-likeness (QED) is 0.918. The molecule has 1 amide bonds. The molecule has 3 atom stereocenters. The lowest BCUT2D eigenvalue weighted by molar-refractivity contribution is -0.137. The third kappa shape index (κ3) is 3.34. The fourth-order valence-corrected chi connectivity index (χ4v) is 3.37. The first-order chi connectivity index (χ1) is 10.7. The highest BCUT2D eigenvalue weighted by atomic mass is 35.5. The topological polar surface area (TPSA) is 70.1 Å². The van der Waals surface area contributed by atoms with Crippen molar-refractivity contribution in [2.45, 2.75) is 51.7 Å². The Kier molecular flexibility index (Phi) is 4.98. The molecule has 4 nitrogen and oxygen atoms in total. The summed E-state index contributed by atoms with van der Waals surface area (Å²) in [7, 11) is 0. The number of halogens is 2. The van der Waals surface area contributed by atoms with Crippen LogP contribution in [0.15, 0.2) is 18.2 Å². The molecule has 1 aliphatic heterocycles. The highest BCUT2D eigenvalue weighted by Gasteiger charge is 2.46. The number of hydrogen-bond acceptors (Lipinski definition) is 3. The van der Waals surface area contributed by atoms with Crippen LogP contribution in [-0.2, 0) is 4.79 Å². The Bertz CT molecular complexity index is 654. The molecule has 0 unspecified atom stereocenters. The minimum Gasteiger partial charge on any atom is -0.330 e. The summed E-state index contributed by atoms with van der Waals surface area (Å²) in [5.74, 6) is -0.700. The highest BCUT2D eigenvalue weighted by Crippen LogP contribution is 2.43. The van der Waals surface area contributed by atoms with Gasteiger partial charge in [-0.15, -0.1) is 0 Å². The van der Waals surface area contributed by atoms with Crippen molar-refractivity contribution in [2.75, 3.05) is 0 Å². The van der Waals surface area contributed by atoms with Gasteiger partial charge in [-0.05, 0) is 51.3 Å². The first-order valence-electron chi connectivity index (χ1n) is 7.63. The van der Waals surface area contributed by atoms with Gasteiger partial charge in [0.25, 0.3) is 0 Å². The van der Waals surface area contributed by atoms with Gasteiger partial charge in [-0.3, -0.25) is 4.79 Å². The third-order valence-electron chi connectivity index (χ3n) is 4.48. The molecule has 23 heavy (non-hydrogen) atoms. The zero-order chi connectivity index (χ0) is 17.4. The van der Waals surface area contributed by atoms with Crippen molar-refractivity contribution >= 4 is 17.5 Å². The van der Waals surface area contributed by atoms with Crippen molar-refractivity contribution in [1.29, 1.82) is 5.26 Å². The summed E-state index contributed by atoms with van der Waals surface area (Å²) in [5, 5.41) is 9.47. The smallest absolute Gasteiger partial charge is 0.240 e. The molecule has 0 aromatic heterocycles. The monoisotopic (exact) mass is 337 g/mol. The van der Waals surface area contributed by atoms with Crippen molar-refractivity contribution in [3.63, 3.8) is 0 Å². The van der Waals surface area contributed by atoms with Gasteiger partial charge >= 0.3 is 0 Å². The molecule has 1 aromatic carbocycles. The van der Waals surface area contributed by atoms with E-state index in [0.29, 0.717) is 12.8 Å². The Hall–Kier alpha value is -1.64. The van der Waals surface area contributed by atoms with E-state index in [1.54, 1.807) is 24.0 Å². The largest absolute Gasteiger partial charge is 0.330 e. The SMILES string of the molecule is C[C@@H](N)C(=O)N1[C@H](c2ccc(F)c(Cl)c2)CC[C@@H]1C(C)(C)C#N. The number of benzene rings is 1. The van der Waals surface area contributed by atoms with Crippen LogP contribution < -0.4 is 5.73 Å². The van der Waals surface area contributed by atoms with E-state index in [0.717, 1.165) is 5.56 Å². The van der Waals surface area contributed by atoms with Crippen molar-refractivity contribution < 1.29 is 9.18 Å². The number of carbonyl (C=O) groups is 1. The van der Waals surface area contributed by atoms with E-state index in [1.165, 1.54) is 6.07 Å². The van der Waals surface area contributed by atoms with Crippen molar-refractivity contribution in [3.05, 3.63) is 34.6 Å². The molecule has 2 rings (SSSR count). The molecule has 124 valence electrons. The Balaban J connectivity index is 2.44. The van der Waals surface area contributed by atoms with E-state index in [-0.39, 0.29) is 23.0 Å². The molecule has 1 aliphatic rings. The van der Waals surface area contributed by atoms with E-state index in [9.17, 15) is 14.4 Å². The number of nitrogens with zero attached hydrogens (tertiary/aromatic N) is 2. The van der Waals surface area contributed by atoms with Gasteiger partial charge in [0.1, 0.15) is 5.82 Å². The van der Waals surface area contributed by atoms with E-state index < -0.39 is 17.3 Å². The summed E-state index contributed by atoms with van der Waals surface area (Å²) >= 11 is 5.88. The van der Waals surface area contributed by atoms with Crippen LogP contribution in [0.2, 0.25) is 5.02 Å². The number of amides is 1. The standard InChI is InChI=1S/C17H21ClFN3O/c1-10(21)16(23)22-14(6-7-15(22)17(2,3)9-20)11-4-5-13(19)12(18)8-11/h4-5,8,10,14-15H,6-7,21H2,1-3H3/t10-,14+,15-/m1/s1. The normalized spacial score (nSPS) is 22.7.